The topological polar surface area (TPSA) is 24.9 Å². The third-order valence-electron chi connectivity index (χ3n) is 4.34. The highest BCUT2D eigenvalue weighted by atomic mass is 32.1. The standard InChI is InChI=1S/C17H22N2S/c1-2-13-6-8-15(9-7-13)19-16-5-3-4-14(12-16)17-18-10-11-20-17/h3-5,10-13,15,19H,2,6-9H2,1H3. The van der Waals surface area contributed by atoms with Crippen molar-refractivity contribution in [1.29, 1.82) is 0 Å². The van der Waals surface area contributed by atoms with Crippen LogP contribution < -0.4 is 5.32 Å². The molecule has 1 heterocycles. The molecule has 0 amide bonds. The Hall–Kier alpha value is -1.35. The minimum absolute atomic E-state index is 0.643. The summed E-state index contributed by atoms with van der Waals surface area (Å²) in [5, 5.41) is 6.83. The fourth-order valence-corrected chi connectivity index (χ4v) is 3.69. The first-order valence-corrected chi connectivity index (χ1v) is 8.49. The second-order valence-corrected chi connectivity index (χ2v) is 6.58. The number of hydrogen-bond acceptors (Lipinski definition) is 3. The van der Waals surface area contributed by atoms with E-state index in [2.05, 4.69) is 41.5 Å². The van der Waals surface area contributed by atoms with E-state index < -0.39 is 0 Å². The molecule has 0 aliphatic heterocycles. The van der Waals surface area contributed by atoms with Crippen LogP contribution in [0.15, 0.2) is 35.8 Å². The highest BCUT2D eigenvalue weighted by Crippen LogP contribution is 2.30. The van der Waals surface area contributed by atoms with Crippen LogP contribution in [-0.4, -0.2) is 11.0 Å². The van der Waals surface area contributed by atoms with Gasteiger partial charge in [-0.2, -0.15) is 0 Å². The van der Waals surface area contributed by atoms with Gasteiger partial charge in [0, 0.05) is 28.9 Å². The quantitative estimate of drug-likeness (QED) is 0.836. The molecule has 0 unspecified atom stereocenters. The monoisotopic (exact) mass is 286 g/mol. The molecule has 1 aliphatic rings. The van der Waals surface area contributed by atoms with Crippen molar-refractivity contribution in [3.63, 3.8) is 0 Å². The second-order valence-electron chi connectivity index (χ2n) is 5.69. The van der Waals surface area contributed by atoms with Gasteiger partial charge in [-0.1, -0.05) is 25.5 Å². The highest BCUT2D eigenvalue weighted by molar-refractivity contribution is 7.13. The van der Waals surface area contributed by atoms with E-state index in [9.17, 15) is 0 Å². The van der Waals surface area contributed by atoms with Crippen molar-refractivity contribution in [3.8, 4) is 10.6 Å². The molecule has 20 heavy (non-hydrogen) atoms. The van der Waals surface area contributed by atoms with Gasteiger partial charge in [0.25, 0.3) is 0 Å². The molecule has 1 N–H and O–H groups in total. The number of nitrogens with one attached hydrogen (secondary N) is 1. The van der Waals surface area contributed by atoms with Crippen LogP contribution in [0.3, 0.4) is 0 Å². The van der Waals surface area contributed by atoms with E-state index in [1.807, 2.05) is 11.6 Å². The summed E-state index contributed by atoms with van der Waals surface area (Å²) in [6.07, 6.45) is 8.57. The first-order valence-electron chi connectivity index (χ1n) is 7.61. The van der Waals surface area contributed by atoms with Crippen LogP contribution >= 0.6 is 11.3 Å². The van der Waals surface area contributed by atoms with Crippen molar-refractivity contribution in [1.82, 2.24) is 4.98 Å². The maximum atomic E-state index is 4.39. The summed E-state index contributed by atoms with van der Waals surface area (Å²) in [5.74, 6) is 0.953. The molecule has 1 aromatic carbocycles. The summed E-state index contributed by atoms with van der Waals surface area (Å²) < 4.78 is 0. The van der Waals surface area contributed by atoms with Crippen molar-refractivity contribution in [2.75, 3.05) is 5.32 Å². The van der Waals surface area contributed by atoms with Gasteiger partial charge in [0.1, 0.15) is 5.01 Å². The SMILES string of the molecule is CCC1CCC(Nc2cccc(-c3nccs3)c2)CC1. The van der Waals surface area contributed by atoms with E-state index in [1.165, 1.54) is 43.4 Å². The van der Waals surface area contributed by atoms with Gasteiger partial charge in [-0.3, -0.25) is 0 Å². The van der Waals surface area contributed by atoms with Crippen LogP contribution in [0.5, 0.6) is 0 Å². The lowest BCUT2D eigenvalue weighted by Crippen LogP contribution is -2.25. The molecule has 106 valence electrons. The van der Waals surface area contributed by atoms with E-state index in [0.29, 0.717) is 6.04 Å². The predicted octanol–water partition coefficient (Wildman–Crippen LogP) is 5.19. The summed E-state index contributed by atoms with van der Waals surface area (Å²) in [5.41, 5.74) is 2.45. The zero-order chi connectivity index (χ0) is 13.8. The van der Waals surface area contributed by atoms with E-state index in [4.69, 9.17) is 0 Å². The highest BCUT2D eigenvalue weighted by Gasteiger charge is 2.19. The Kier molecular flexibility index (Phi) is 4.36. The molecule has 0 atom stereocenters. The lowest BCUT2D eigenvalue weighted by molar-refractivity contribution is 0.330. The molecule has 1 aliphatic carbocycles. The zero-order valence-electron chi connectivity index (χ0n) is 12.0. The van der Waals surface area contributed by atoms with Crippen molar-refractivity contribution < 1.29 is 0 Å². The van der Waals surface area contributed by atoms with Gasteiger partial charge in [0.2, 0.25) is 0 Å². The summed E-state index contributed by atoms with van der Waals surface area (Å²) in [6, 6.07) is 9.30. The minimum Gasteiger partial charge on any atom is -0.382 e. The number of hydrogen-bond donors (Lipinski definition) is 1. The van der Waals surface area contributed by atoms with Crippen LogP contribution in [0.1, 0.15) is 39.0 Å². The Morgan fingerprint density at radius 3 is 2.80 bits per heavy atom. The number of thiazole rings is 1. The van der Waals surface area contributed by atoms with Crippen LogP contribution in [0, 0.1) is 5.92 Å². The molecule has 1 fully saturated rings. The van der Waals surface area contributed by atoms with Crippen LogP contribution in [-0.2, 0) is 0 Å². The number of anilines is 1. The molecule has 1 saturated carbocycles. The normalized spacial score (nSPS) is 22.6. The Bertz CT molecular complexity index is 528. The molecule has 2 nitrogen and oxygen atoms in total. The van der Waals surface area contributed by atoms with Gasteiger partial charge in [-0.25, -0.2) is 4.98 Å². The lowest BCUT2D eigenvalue weighted by Gasteiger charge is -2.29. The van der Waals surface area contributed by atoms with Crippen LogP contribution in [0.4, 0.5) is 5.69 Å². The Balaban J connectivity index is 1.65. The van der Waals surface area contributed by atoms with Gasteiger partial charge in [0.05, 0.1) is 0 Å². The van der Waals surface area contributed by atoms with Crippen molar-refractivity contribution >= 4 is 17.0 Å². The van der Waals surface area contributed by atoms with Gasteiger partial charge in [-0.05, 0) is 43.7 Å². The Morgan fingerprint density at radius 2 is 2.10 bits per heavy atom. The minimum atomic E-state index is 0.643. The van der Waals surface area contributed by atoms with E-state index in [1.54, 1.807) is 11.3 Å². The van der Waals surface area contributed by atoms with E-state index in [-0.39, 0.29) is 0 Å². The van der Waals surface area contributed by atoms with Gasteiger partial charge in [0.15, 0.2) is 0 Å². The van der Waals surface area contributed by atoms with Gasteiger partial charge >= 0.3 is 0 Å². The lowest BCUT2D eigenvalue weighted by atomic mass is 9.84. The largest absolute Gasteiger partial charge is 0.382 e. The molecule has 0 saturated heterocycles. The average Bonchev–Trinajstić information content (AvgIpc) is 3.03. The fourth-order valence-electron chi connectivity index (χ4n) is 3.06. The van der Waals surface area contributed by atoms with E-state index in [0.717, 1.165) is 10.9 Å². The van der Waals surface area contributed by atoms with Crippen LogP contribution in [0.2, 0.25) is 0 Å². The molecule has 0 radical (unpaired) electrons. The maximum Gasteiger partial charge on any atom is 0.123 e. The van der Waals surface area contributed by atoms with E-state index >= 15 is 0 Å². The predicted molar refractivity (Wildman–Crippen MR) is 87.2 cm³/mol. The van der Waals surface area contributed by atoms with Crippen molar-refractivity contribution in [2.45, 2.75) is 45.1 Å². The molecule has 0 spiro atoms. The second kappa shape index (κ2) is 6.40. The Morgan fingerprint density at radius 1 is 1.25 bits per heavy atom. The number of rotatable bonds is 4. The maximum absolute atomic E-state index is 4.39. The molecule has 3 heteroatoms. The number of nitrogens with zero attached hydrogens (tertiary/aromatic N) is 1. The summed E-state index contributed by atoms with van der Waals surface area (Å²) in [4.78, 5) is 4.39. The van der Waals surface area contributed by atoms with Crippen molar-refractivity contribution in [2.24, 2.45) is 5.92 Å². The fraction of sp³-hybridized carbons (Fsp3) is 0.471. The first-order chi connectivity index (χ1) is 9.85. The molecular formula is C17H22N2S. The molecule has 3 rings (SSSR count). The van der Waals surface area contributed by atoms with Gasteiger partial charge in [-0.15, -0.1) is 11.3 Å². The van der Waals surface area contributed by atoms with Gasteiger partial charge < -0.3 is 5.32 Å². The van der Waals surface area contributed by atoms with Crippen LogP contribution in [0.25, 0.3) is 10.6 Å². The first kappa shape index (κ1) is 13.6. The molecule has 1 aromatic heterocycles. The molecular weight excluding hydrogens is 264 g/mol. The summed E-state index contributed by atoms with van der Waals surface area (Å²) in [7, 11) is 0. The summed E-state index contributed by atoms with van der Waals surface area (Å²) >= 11 is 1.70. The summed E-state index contributed by atoms with van der Waals surface area (Å²) in [6.45, 7) is 2.32. The van der Waals surface area contributed by atoms with Crippen molar-refractivity contribution in [3.05, 3.63) is 35.8 Å². The smallest absolute Gasteiger partial charge is 0.123 e. The Labute approximate surface area is 125 Å². The average molecular weight is 286 g/mol. The molecule has 0 bridgehead atoms. The number of aromatic nitrogens is 1. The third-order valence-corrected chi connectivity index (χ3v) is 5.16. The molecule has 2 aromatic rings. The third kappa shape index (κ3) is 3.21. The zero-order valence-corrected chi connectivity index (χ0v) is 12.8. The number of benzene rings is 1.